The van der Waals surface area contributed by atoms with Crippen LogP contribution in [0.3, 0.4) is 0 Å². The Morgan fingerprint density at radius 1 is 1.24 bits per heavy atom. The predicted octanol–water partition coefficient (Wildman–Crippen LogP) is 4.89. The van der Waals surface area contributed by atoms with Crippen molar-refractivity contribution in [2.24, 2.45) is 11.7 Å². The molecule has 3 aromatic rings. The number of rotatable bonds is 6. The van der Waals surface area contributed by atoms with Crippen molar-refractivity contribution < 1.29 is 4.74 Å². The molecule has 4 N–H and O–H groups in total. The van der Waals surface area contributed by atoms with Crippen molar-refractivity contribution in [3.63, 3.8) is 0 Å². The van der Waals surface area contributed by atoms with Crippen molar-refractivity contribution in [2.45, 2.75) is 57.0 Å². The van der Waals surface area contributed by atoms with Crippen molar-refractivity contribution >= 4 is 40.3 Å². The van der Waals surface area contributed by atoms with Gasteiger partial charge in [-0.05, 0) is 69.7 Å². The van der Waals surface area contributed by atoms with Gasteiger partial charge in [-0.1, -0.05) is 24.1 Å². The number of anilines is 3. The quantitative estimate of drug-likeness (QED) is 0.472. The van der Waals surface area contributed by atoms with E-state index in [-0.39, 0.29) is 11.6 Å². The van der Waals surface area contributed by atoms with E-state index < -0.39 is 0 Å². The lowest BCUT2D eigenvalue weighted by atomic mass is 9.85. The van der Waals surface area contributed by atoms with Gasteiger partial charge in [-0.3, -0.25) is 4.57 Å². The fraction of sp³-hybridized carbons (Fsp3) is 0.542. The molecule has 2 atom stereocenters. The highest BCUT2D eigenvalue weighted by atomic mass is 35.5. The molecule has 0 radical (unpaired) electrons. The minimum absolute atomic E-state index is 0.0753. The van der Waals surface area contributed by atoms with Crippen LogP contribution in [-0.2, 0) is 4.74 Å². The van der Waals surface area contributed by atoms with Crippen molar-refractivity contribution in [1.82, 2.24) is 19.5 Å². The minimum atomic E-state index is -0.0753. The minimum Gasteiger partial charge on any atom is -0.381 e. The molecular formula is C24H32ClN7O. The highest BCUT2D eigenvalue weighted by Crippen LogP contribution is 2.37. The molecule has 176 valence electrons. The summed E-state index contributed by atoms with van der Waals surface area (Å²) in [6.07, 6.45) is 8.10. The number of imidazole rings is 1. The maximum absolute atomic E-state index is 6.22. The number of halogens is 1. The smallest absolute Gasteiger partial charge is 0.225 e. The number of aromatic nitrogens is 4. The van der Waals surface area contributed by atoms with Crippen LogP contribution in [0.25, 0.3) is 11.2 Å². The van der Waals surface area contributed by atoms with E-state index in [9.17, 15) is 0 Å². The molecule has 2 fully saturated rings. The summed E-state index contributed by atoms with van der Waals surface area (Å²) < 4.78 is 7.78. The number of hydrogen-bond acceptors (Lipinski definition) is 7. The molecule has 0 spiro atoms. The second-order valence-corrected chi connectivity index (χ2v) is 10.00. The average Bonchev–Trinajstić information content (AvgIpc) is 3.16. The van der Waals surface area contributed by atoms with Crippen molar-refractivity contribution in [1.29, 1.82) is 0 Å². The van der Waals surface area contributed by atoms with Gasteiger partial charge in [-0.15, -0.1) is 0 Å². The predicted molar refractivity (Wildman–Crippen MR) is 132 cm³/mol. The topological polar surface area (TPSA) is 103 Å². The molecule has 2 aromatic heterocycles. The fourth-order valence-electron chi connectivity index (χ4n) is 5.01. The monoisotopic (exact) mass is 469 g/mol. The number of benzene rings is 1. The molecule has 3 heterocycles. The average molecular weight is 470 g/mol. The molecule has 1 saturated heterocycles. The van der Waals surface area contributed by atoms with Gasteiger partial charge in [0.1, 0.15) is 5.52 Å². The van der Waals surface area contributed by atoms with Gasteiger partial charge in [0, 0.05) is 35.5 Å². The van der Waals surface area contributed by atoms with Gasteiger partial charge in [-0.25, -0.2) is 9.97 Å². The van der Waals surface area contributed by atoms with Crippen LogP contribution >= 0.6 is 11.6 Å². The van der Waals surface area contributed by atoms with E-state index in [1.165, 1.54) is 6.42 Å². The summed E-state index contributed by atoms with van der Waals surface area (Å²) in [7, 11) is 0. The summed E-state index contributed by atoms with van der Waals surface area (Å²) in [5.74, 6) is 1.91. The largest absolute Gasteiger partial charge is 0.381 e. The van der Waals surface area contributed by atoms with Crippen molar-refractivity contribution in [2.75, 3.05) is 30.4 Å². The Hall–Kier alpha value is -2.42. The summed E-state index contributed by atoms with van der Waals surface area (Å²) in [4.78, 5) is 14.4. The zero-order valence-electron chi connectivity index (χ0n) is 19.1. The molecule has 9 heteroatoms. The third kappa shape index (κ3) is 4.93. The number of nitrogens with zero attached hydrogens (tertiary/aromatic N) is 4. The zero-order valence-corrected chi connectivity index (χ0v) is 19.8. The van der Waals surface area contributed by atoms with Gasteiger partial charge in [0.2, 0.25) is 11.9 Å². The highest BCUT2D eigenvalue weighted by Gasteiger charge is 2.30. The summed E-state index contributed by atoms with van der Waals surface area (Å²) in [6, 6.07) is 7.96. The number of hydrogen-bond donors (Lipinski definition) is 3. The van der Waals surface area contributed by atoms with Crippen LogP contribution in [0.15, 0.2) is 30.5 Å². The maximum Gasteiger partial charge on any atom is 0.225 e. The molecule has 1 aliphatic heterocycles. The third-order valence-corrected chi connectivity index (χ3v) is 7.21. The standard InChI is InChI=1S/C24H32ClN7O/c1-24(8-10-33-11-9-24)31-22-27-15-20-21(30-22)32(19-7-2-4-16(12-19)14-26)23(29-20)28-18-6-3-5-17(25)13-18/h3,5-6,13,15-16,19H,2,4,7-12,14,26H2,1H3,(H,28,29)(H,27,30,31)/t16-,19+/m0/s1. The maximum atomic E-state index is 6.22. The number of ether oxygens (including phenoxy) is 1. The Labute approximate surface area is 199 Å². The highest BCUT2D eigenvalue weighted by molar-refractivity contribution is 6.30. The van der Waals surface area contributed by atoms with Crippen molar-refractivity contribution in [3.05, 3.63) is 35.5 Å². The molecule has 0 bridgehead atoms. The zero-order chi connectivity index (χ0) is 22.8. The van der Waals surface area contributed by atoms with Crippen LogP contribution in [0.1, 0.15) is 51.5 Å². The first kappa shape index (κ1) is 22.4. The summed E-state index contributed by atoms with van der Waals surface area (Å²) in [5, 5.41) is 7.72. The van der Waals surface area contributed by atoms with E-state index in [1.807, 2.05) is 30.5 Å². The number of nitrogens with two attached hydrogens (primary N) is 1. The molecule has 33 heavy (non-hydrogen) atoms. The number of fused-ring (bicyclic) bond motifs is 1. The molecule has 0 amide bonds. The molecule has 1 aliphatic carbocycles. The van der Waals surface area contributed by atoms with Crippen LogP contribution in [0.2, 0.25) is 5.02 Å². The van der Waals surface area contributed by atoms with Crippen LogP contribution in [0.4, 0.5) is 17.6 Å². The van der Waals surface area contributed by atoms with Crippen LogP contribution in [0, 0.1) is 5.92 Å². The van der Waals surface area contributed by atoms with E-state index in [1.54, 1.807) is 0 Å². The van der Waals surface area contributed by atoms with Gasteiger partial charge >= 0.3 is 0 Å². The first-order chi connectivity index (χ1) is 16.0. The molecule has 1 saturated carbocycles. The summed E-state index contributed by atoms with van der Waals surface area (Å²) in [6.45, 7) is 4.42. The Balaban J connectivity index is 1.53. The molecular weight excluding hydrogens is 438 g/mol. The van der Waals surface area contributed by atoms with Crippen LogP contribution in [-0.4, -0.2) is 44.8 Å². The summed E-state index contributed by atoms with van der Waals surface area (Å²) in [5.41, 5.74) is 8.49. The lowest BCUT2D eigenvalue weighted by Gasteiger charge is -2.34. The molecule has 2 aliphatic rings. The second kappa shape index (κ2) is 9.44. The van der Waals surface area contributed by atoms with Crippen LogP contribution < -0.4 is 16.4 Å². The van der Waals surface area contributed by atoms with Crippen molar-refractivity contribution in [3.8, 4) is 0 Å². The molecule has 8 nitrogen and oxygen atoms in total. The van der Waals surface area contributed by atoms with Gasteiger partial charge in [-0.2, -0.15) is 4.98 Å². The Morgan fingerprint density at radius 2 is 2.09 bits per heavy atom. The Bertz CT molecular complexity index is 1110. The SMILES string of the molecule is CC1(Nc2ncc3nc(Nc4cccc(Cl)c4)n([C@@H]4CCC[C@H](CN)C4)c3n2)CCOCC1. The Kier molecular flexibility index (Phi) is 6.40. The third-order valence-electron chi connectivity index (χ3n) is 6.98. The first-order valence-electron chi connectivity index (χ1n) is 11.9. The van der Waals surface area contributed by atoms with Gasteiger partial charge in [0.15, 0.2) is 5.65 Å². The van der Waals surface area contributed by atoms with E-state index in [0.29, 0.717) is 23.4 Å². The van der Waals surface area contributed by atoms with E-state index in [4.69, 9.17) is 32.0 Å². The lowest BCUT2D eigenvalue weighted by molar-refractivity contribution is 0.0656. The van der Waals surface area contributed by atoms with Crippen LogP contribution in [0.5, 0.6) is 0 Å². The molecule has 0 unspecified atom stereocenters. The Morgan fingerprint density at radius 3 is 2.88 bits per heavy atom. The molecule has 1 aromatic carbocycles. The first-order valence-corrected chi connectivity index (χ1v) is 12.2. The lowest BCUT2D eigenvalue weighted by Crippen LogP contribution is -2.41. The van der Waals surface area contributed by atoms with E-state index in [2.05, 4.69) is 27.1 Å². The fourth-order valence-corrected chi connectivity index (χ4v) is 5.20. The van der Waals surface area contributed by atoms with Gasteiger partial charge in [0.05, 0.1) is 6.20 Å². The van der Waals surface area contributed by atoms with Gasteiger partial charge < -0.3 is 21.1 Å². The molecule has 5 rings (SSSR count). The van der Waals surface area contributed by atoms with Gasteiger partial charge in [0.25, 0.3) is 0 Å². The second-order valence-electron chi connectivity index (χ2n) is 9.56. The normalized spacial score (nSPS) is 22.9. The number of nitrogens with one attached hydrogen (secondary N) is 2. The summed E-state index contributed by atoms with van der Waals surface area (Å²) >= 11 is 6.22. The van der Waals surface area contributed by atoms with E-state index >= 15 is 0 Å². The van der Waals surface area contributed by atoms with E-state index in [0.717, 1.165) is 68.1 Å².